The number of hydrogen-bond donors (Lipinski definition) is 1. The largest absolute Gasteiger partial charge is 0.410 e. The summed E-state index contributed by atoms with van der Waals surface area (Å²) >= 11 is 0. The fourth-order valence-corrected chi connectivity index (χ4v) is 0.795. The second-order valence-corrected chi connectivity index (χ2v) is 2.02. The topological polar surface area (TPSA) is 52.9 Å². The molecular formula is C5H8N2O2. The number of nitrogens with zero attached hydrogens (tertiary/aromatic N) is 2. The highest BCUT2D eigenvalue weighted by Crippen LogP contribution is 2.03. The monoisotopic (exact) mass is 128 g/mol. The first-order chi connectivity index (χ1) is 4.25. The molecule has 0 saturated carbocycles. The van der Waals surface area contributed by atoms with Gasteiger partial charge in [-0.05, 0) is 0 Å². The molecule has 1 rings (SSSR count). The molecular weight excluding hydrogens is 120 g/mol. The van der Waals surface area contributed by atoms with Gasteiger partial charge in [-0.25, -0.2) is 0 Å². The molecule has 1 fully saturated rings. The van der Waals surface area contributed by atoms with Crippen molar-refractivity contribution in [2.24, 2.45) is 5.16 Å². The van der Waals surface area contributed by atoms with Crippen LogP contribution in [0.5, 0.6) is 0 Å². The van der Waals surface area contributed by atoms with Gasteiger partial charge in [0.05, 0.1) is 0 Å². The van der Waals surface area contributed by atoms with Crippen molar-refractivity contribution in [1.29, 1.82) is 0 Å². The number of amides is 1. The Morgan fingerprint density at radius 1 is 1.78 bits per heavy atom. The van der Waals surface area contributed by atoms with Crippen molar-refractivity contribution < 1.29 is 10.0 Å². The first kappa shape index (κ1) is 6.07. The Morgan fingerprint density at radius 2 is 2.44 bits per heavy atom. The standard InChI is InChI=1S/C5H8N2O2/c1-7-3-2-4(6-9)5(7)8/h9H,2-3H2,1H3/b6-4-. The smallest absolute Gasteiger partial charge is 0.271 e. The van der Waals surface area contributed by atoms with E-state index in [1.165, 1.54) is 4.90 Å². The highest BCUT2D eigenvalue weighted by molar-refractivity contribution is 6.40. The number of likely N-dealkylation sites (tertiary alicyclic amines) is 1. The third kappa shape index (κ3) is 0.872. The normalized spacial score (nSPS) is 23.9. The minimum atomic E-state index is -0.169. The van der Waals surface area contributed by atoms with Crippen LogP contribution < -0.4 is 0 Å². The van der Waals surface area contributed by atoms with Gasteiger partial charge in [0, 0.05) is 20.0 Å². The minimum absolute atomic E-state index is 0.169. The van der Waals surface area contributed by atoms with E-state index in [-0.39, 0.29) is 11.6 Å². The summed E-state index contributed by atoms with van der Waals surface area (Å²) in [6.45, 7) is 0.665. The first-order valence-corrected chi connectivity index (χ1v) is 2.72. The zero-order valence-electron chi connectivity index (χ0n) is 5.16. The van der Waals surface area contributed by atoms with E-state index in [1.807, 2.05) is 0 Å². The predicted molar refractivity (Wildman–Crippen MR) is 31.5 cm³/mol. The molecule has 1 saturated heterocycles. The number of carbonyl (C=O) groups is 1. The van der Waals surface area contributed by atoms with Gasteiger partial charge in [-0.2, -0.15) is 0 Å². The third-order valence-corrected chi connectivity index (χ3v) is 1.40. The van der Waals surface area contributed by atoms with Crippen LogP contribution in [0.2, 0.25) is 0 Å². The van der Waals surface area contributed by atoms with Crippen molar-refractivity contribution in [3.8, 4) is 0 Å². The molecule has 0 aromatic rings. The molecule has 50 valence electrons. The van der Waals surface area contributed by atoms with E-state index < -0.39 is 0 Å². The molecule has 0 unspecified atom stereocenters. The average Bonchev–Trinajstić information content (AvgIpc) is 2.15. The van der Waals surface area contributed by atoms with Crippen molar-refractivity contribution in [3.63, 3.8) is 0 Å². The third-order valence-electron chi connectivity index (χ3n) is 1.40. The summed E-state index contributed by atoms with van der Waals surface area (Å²) in [4.78, 5) is 12.3. The van der Waals surface area contributed by atoms with Gasteiger partial charge in [-0.1, -0.05) is 5.16 Å². The summed E-state index contributed by atoms with van der Waals surface area (Å²) in [6, 6.07) is 0. The van der Waals surface area contributed by atoms with Gasteiger partial charge >= 0.3 is 0 Å². The number of carbonyl (C=O) groups excluding carboxylic acids is 1. The Labute approximate surface area is 52.8 Å². The molecule has 0 aromatic heterocycles. The SMILES string of the molecule is CN1CC/C(=N/O)C1=O. The van der Waals surface area contributed by atoms with Crippen LogP contribution in [0.3, 0.4) is 0 Å². The Hall–Kier alpha value is -1.06. The summed E-state index contributed by atoms with van der Waals surface area (Å²) in [7, 11) is 1.68. The second-order valence-electron chi connectivity index (χ2n) is 2.02. The molecule has 0 radical (unpaired) electrons. The molecule has 0 aromatic carbocycles. The molecule has 9 heavy (non-hydrogen) atoms. The van der Waals surface area contributed by atoms with Crippen LogP contribution in [0.4, 0.5) is 0 Å². The van der Waals surface area contributed by atoms with E-state index >= 15 is 0 Å². The Balaban J connectivity index is 2.74. The molecule has 4 heteroatoms. The molecule has 0 aliphatic carbocycles. The molecule has 1 N–H and O–H groups in total. The van der Waals surface area contributed by atoms with Crippen LogP contribution in [0.15, 0.2) is 5.16 Å². The lowest BCUT2D eigenvalue weighted by molar-refractivity contribution is -0.121. The molecule has 0 spiro atoms. The quantitative estimate of drug-likeness (QED) is 0.359. The number of rotatable bonds is 0. The zero-order valence-corrected chi connectivity index (χ0v) is 5.16. The lowest BCUT2D eigenvalue weighted by atomic mass is 10.3. The number of oxime groups is 1. The maximum Gasteiger partial charge on any atom is 0.271 e. The van der Waals surface area contributed by atoms with Gasteiger partial charge in [-0.3, -0.25) is 4.79 Å². The van der Waals surface area contributed by atoms with Crippen LogP contribution in [0, 0.1) is 0 Å². The van der Waals surface area contributed by atoms with E-state index in [2.05, 4.69) is 5.16 Å². The Kier molecular flexibility index (Phi) is 1.38. The average molecular weight is 128 g/mol. The van der Waals surface area contributed by atoms with E-state index in [0.29, 0.717) is 13.0 Å². The summed E-state index contributed by atoms with van der Waals surface area (Å²) < 4.78 is 0. The van der Waals surface area contributed by atoms with Crippen LogP contribution >= 0.6 is 0 Å². The van der Waals surface area contributed by atoms with Gasteiger partial charge < -0.3 is 10.1 Å². The zero-order chi connectivity index (χ0) is 6.85. The van der Waals surface area contributed by atoms with Gasteiger partial charge in [0.25, 0.3) is 5.91 Å². The summed E-state index contributed by atoms with van der Waals surface area (Å²) in [6.07, 6.45) is 0.561. The van der Waals surface area contributed by atoms with Gasteiger partial charge in [0.1, 0.15) is 5.71 Å². The van der Waals surface area contributed by atoms with E-state index in [4.69, 9.17) is 5.21 Å². The summed E-state index contributed by atoms with van der Waals surface area (Å²) in [5.74, 6) is -0.169. The van der Waals surface area contributed by atoms with Gasteiger partial charge in [0.2, 0.25) is 0 Å². The molecule has 1 heterocycles. The fourth-order valence-electron chi connectivity index (χ4n) is 0.795. The van der Waals surface area contributed by atoms with Gasteiger partial charge in [-0.15, -0.1) is 0 Å². The van der Waals surface area contributed by atoms with Crippen molar-refractivity contribution in [2.45, 2.75) is 6.42 Å². The van der Waals surface area contributed by atoms with Crippen LogP contribution in [-0.4, -0.2) is 35.3 Å². The maximum absolute atomic E-state index is 10.8. The Bertz CT molecular complexity index is 164. The molecule has 4 nitrogen and oxygen atoms in total. The van der Waals surface area contributed by atoms with Crippen molar-refractivity contribution in [2.75, 3.05) is 13.6 Å². The number of hydrogen-bond acceptors (Lipinski definition) is 3. The molecule has 0 bridgehead atoms. The van der Waals surface area contributed by atoms with Crippen LogP contribution in [0.1, 0.15) is 6.42 Å². The molecule has 1 aliphatic rings. The summed E-state index contributed by atoms with van der Waals surface area (Å²) in [5, 5.41) is 11.0. The second kappa shape index (κ2) is 2.05. The van der Waals surface area contributed by atoms with E-state index in [1.54, 1.807) is 7.05 Å². The van der Waals surface area contributed by atoms with Crippen molar-refractivity contribution in [1.82, 2.24) is 4.90 Å². The van der Waals surface area contributed by atoms with E-state index in [0.717, 1.165) is 0 Å². The van der Waals surface area contributed by atoms with Crippen molar-refractivity contribution >= 4 is 11.6 Å². The lowest BCUT2D eigenvalue weighted by Gasteiger charge is -2.02. The molecule has 1 aliphatic heterocycles. The highest BCUT2D eigenvalue weighted by atomic mass is 16.4. The fraction of sp³-hybridized carbons (Fsp3) is 0.600. The van der Waals surface area contributed by atoms with Gasteiger partial charge in [0.15, 0.2) is 0 Å². The predicted octanol–water partition coefficient (Wildman–Crippen LogP) is -0.321. The molecule has 0 atom stereocenters. The summed E-state index contributed by atoms with van der Waals surface area (Å²) in [5.41, 5.74) is 0.262. The molecule has 1 amide bonds. The van der Waals surface area contributed by atoms with E-state index in [9.17, 15) is 4.79 Å². The van der Waals surface area contributed by atoms with Crippen LogP contribution in [0.25, 0.3) is 0 Å². The van der Waals surface area contributed by atoms with Crippen molar-refractivity contribution in [3.05, 3.63) is 0 Å². The lowest BCUT2D eigenvalue weighted by Crippen LogP contribution is -2.22. The minimum Gasteiger partial charge on any atom is -0.410 e. The first-order valence-electron chi connectivity index (χ1n) is 2.72. The Morgan fingerprint density at radius 3 is 2.67 bits per heavy atom. The van der Waals surface area contributed by atoms with Crippen LogP contribution in [-0.2, 0) is 4.79 Å². The highest BCUT2D eigenvalue weighted by Gasteiger charge is 2.24. The maximum atomic E-state index is 10.8.